The third-order valence-electron chi connectivity index (χ3n) is 2.55. The quantitative estimate of drug-likeness (QED) is 0.509. The molecule has 0 saturated heterocycles. The van der Waals surface area contributed by atoms with E-state index in [9.17, 15) is 23.6 Å². The summed E-state index contributed by atoms with van der Waals surface area (Å²) in [7, 11) is -3.99. The SMILES string of the molecule is O=[N+]([O-])c1cc(NS(=O)(=O)c2ccccc2Cl)ccc1O. The van der Waals surface area contributed by atoms with Crippen molar-refractivity contribution in [1.29, 1.82) is 0 Å². The number of anilines is 1. The number of hydrogen-bond acceptors (Lipinski definition) is 5. The molecule has 0 amide bonds. The number of phenolic OH excluding ortho intramolecular Hbond substituents is 1. The first-order valence-corrected chi connectivity index (χ1v) is 7.42. The van der Waals surface area contributed by atoms with E-state index in [0.29, 0.717) is 0 Å². The van der Waals surface area contributed by atoms with Crippen LogP contribution in [0.15, 0.2) is 47.4 Å². The van der Waals surface area contributed by atoms with Gasteiger partial charge in [-0.2, -0.15) is 0 Å². The molecule has 2 N–H and O–H groups in total. The normalized spacial score (nSPS) is 11.1. The Morgan fingerprint density at radius 3 is 2.48 bits per heavy atom. The molecule has 0 fully saturated rings. The Hall–Kier alpha value is -2.32. The lowest BCUT2D eigenvalue weighted by Gasteiger charge is -2.09. The van der Waals surface area contributed by atoms with Crippen LogP contribution >= 0.6 is 11.6 Å². The van der Waals surface area contributed by atoms with Gasteiger partial charge in [0.05, 0.1) is 15.6 Å². The number of nitro groups is 1. The molecular weight excluding hydrogens is 320 g/mol. The van der Waals surface area contributed by atoms with Gasteiger partial charge in [0.15, 0.2) is 5.75 Å². The summed E-state index contributed by atoms with van der Waals surface area (Å²) in [5.74, 6) is -0.555. The van der Waals surface area contributed by atoms with Crippen molar-refractivity contribution in [3.8, 4) is 5.75 Å². The Morgan fingerprint density at radius 1 is 1.19 bits per heavy atom. The molecule has 0 aliphatic rings. The summed E-state index contributed by atoms with van der Waals surface area (Å²) in [6.45, 7) is 0. The fraction of sp³-hybridized carbons (Fsp3) is 0. The molecule has 2 rings (SSSR count). The van der Waals surface area contributed by atoms with Crippen molar-refractivity contribution in [3.63, 3.8) is 0 Å². The predicted molar refractivity (Wildman–Crippen MR) is 77.0 cm³/mol. The molecule has 0 spiro atoms. The van der Waals surface area contributed by atoms with Gasteiger partial charge in [0.1, 0.15) is 4.90 Å². The number of hydrogen-bond donors (Lipinski definition) is 2. The van der Waals surface area contributed by atoms with Gasteiger partial charge in [0, 0.05) is 6.07 Å². The van der Waals surface area contributed by atoms with Crippen LogP contribution in [0.1, 0.15) is 0 Å². The molecule has 0 heterocycles. The van der Waals surface area contributed by atoms with Crippen molar-refractivity contribution in [3.05, 3.63) is 57.6 Å². The van der Waals surface area contributed by atoms with Gasteiger partial charge >= 0.3 is 5.69 Å². The number of halogens is 1. The minimum atomic E-state index is -3.99. The molecule has 0 aromatic heterocycles. The summed E-state index contributed by atoms with van der Waals surface area (Å²) < 4.78 is 26.5. The van der Waals surface area contributed by atoms with E-state index in [1.807, 2.05) is 0 Å². The number of rotatable bonds is 4. The first-order valence-electron chi connectivity index (χ1n) is 5.56. The van der Waals surface area contributed by atoms with E-state index >= 15 is 0 Å². The summed E-state index contributed by atoms with van der Waals surface area (Å²) in [5, 5.41) is 20.1. The molecule has 2 aromatic carbocycles. The van der Waals surface area contributed by atoms with Gasteiger partial charge in [-0.1, -0.05) is 23.7 Å². The molecule has 9 heteroatoms. The molecule has 0 bridgehead atoms. The Bertz CT molecular complexity index is 807. The minimum absolute atomic E-state index is 0.0262. The third-order valence-corrected chi connectivity index (χ3v) is 4.43. The summed E-state index contributed by atoms with van der Waals surface area (Å²) in [5.41, 5.74) is -0.659. The summed E-state index contributed by atoms with van der Waals surface area (Å²) >= 11 is 5.81. The van der Waals surface area contributed by atoms with Gasteiger partial charge in [-0.25, -0.2) is 8.42 Å². The van der Waals surface area contributed by atoms with Crippen LogP contribution in [0.2, 0.25) is 5.02 Å². The number of benzene rings is 2. The molecule has 0 aliphatic heterocycles. The fourth-order valence-corrected chi connectivity index (χ4v) is 3.18. The summed E-state index contributed by atoms with van der Waals surface area (Å²) in [6, 6.07) is 8.95. The monoisotopic (exact) mass is 328 g/mol. The maximum absolute atomic E-state index is 12.2. The van der Waals surface area contributed by atoms with Crippen LogP contribution in [0.4, 0.5) is 11.4 Å². The standard InChI is InChI=1S/C12H9ClN2O5S/c13-9-3-1-2-4-12(9)21(19,20)14-8-5-6-11(16)10(7-8)15(17)18/h1-7,14,16H. The first-order chi connectivity index (χ1) is 9.81. The molecule has 0 radical (unpaired) electrons. The second-order valence-electron chi connectivity index (χ2n) is 4.00. The zero-order valence-electron chi connectivity index (χ0n) is 10.4. The van der Waals surface area contributed by atoms with Gasteiger partial charge in [-0.15, -0.1) is 0 Å². The molecule has 0 aliphatic carbocycles. The van der Waals surface area contributed by atoms with Crippen LogP contribution in [0.25, 0.3) is 0 Å². The van der Waals surface area contributed by atoms with Gasteiger partial charge in [-0.3, -0.25) is 14.8 Å². The zero-order valence-corrected chi connectivity index (χ0v) is 11.9. The van der Waals surface area contributed by atoms with Gasteiger partial charge in [-0.05, 0) is 24.3 Å². The predicted octanol–water partition coefficient (Wildman–Crippen LogP) is 2.75. The van der Waals surface area contributed by atoms with Gasteiger partial charge in [0.25, 0.3) is 10.0 Å². The number of nitrogens with zero attached hydrogens (tertiary/aromatic N) is 1. The highest BCUT2D eigenvalue weighted by molar-refractivity contribution is 7.92. The topological polar surface area (TPSA) is 110 Å². The Balaban J connectivity index is 2.40. The maximum atomic E-state index is 12.2. The van der Waals surface area contributed by atoms with E-state index in [1.165, 1.54) is 24.3 Å². The van der Waals surface area contributed by atoms with E-state index in [-0.39, 0.29) is 15.6 Å². The van der Waals surface area contributed by atoms with Crippen molar-refractivity contribution in [2.24, 2.45) is 0 Å². The number of nitrogens with one attached hydrogen (secondary N) is 1. The highest BCUT2D eigenvalue weighted by atomic mass is 35.5. The molecule has 0 unspecified atom stereocenters. The first kappa shape index (κ1) is 15.1. The fourth-order valence-electron chi connectivity index (χ4n) is 1.61. The molecular formula is C12H9ClN2O5S. The van der Waals surface area contributed by atoms with Crippen molar-refractivity contribution in [1.82, 2.24) is 0 Å². The minimum Gasteiger partial charge on any atom is -0.502 e. The molecule has 7 nitrogen and oxygen atoms in total. The van der Waals surface area contributed by atoms with Crippen molar-refractivity contribution >= 4 is 33.0 Å². The van der Waals surface area contributed by atoms with Crippen LogP contribution in [0.5, 0.6) is 5.75 Å². The average Bonchev–Trinajstić information content (AvgIpc) is 2.40. The van der Waals surface area contributed by atoms with Gasteiger partial charge < -0.3 is 5.11 Å². The highest BCUT2D eigenvalue weighted by Crippen LogP contribution is 2.30. The van der Waals surface area contributed by atoms with Crippen LogP contribution < -0.4 is 4.72 Å². The van der Waals surface area contributed by atoms with Crippen molar-refractivity contribution in [2.75, 3.05) is 4.72 Å². The van der Waals surface area contributed by atoms with Crippen molar-refractivity contribution in [2.45, 2.75) is 4.90 Å². The van der Waals surface area contributed by atoms with Crippen molar-refractivity contribution < 1.29 is 18.4 Å². The smallest absolute Gasteiger partial charge is 0.312 e. The highest BCUT2D eigenvalue weighted by Gasteiger charge is 2.20. The van der Waals surface area contributed by atoms with Crippen LogP contribution in [-0.4, -0.2) is 18.4 Å². The van der Waals surface area contributed by atoms with Crippen LogP contribution in [-0.2, 0) is 10.0 Å². The largest absolute Gasteiger partial charge is 0.502 e. The average molecular weight is 329 g/mol. The number of aromatic hydroxyl groups is 1. The number of phenols is 1. The maximum Gasteiger partial charge on any atom is 0.312 e. The second-order valence-corrected chi connectivity index (χ2v) is 6.05. The summed E-state index contributed by atoms with van der Waals surface area (Å²) in [6.07, 6.45) is 0. The lowest BCUT2D eigenvalue weighted by molar-refractivity contribution is -0.385. The molecule has 0 saturated carbocycles. The van der Waals surface area contributed by atoms with Gasteiger partial charge in [0.2, 0.25) is 0 Å². The van der Waals surface area contributed by atoms with E-state index < -0.39 is 26.4 Å². The number of sulfonamides is 1. The second kappa shape index (κ2) is 5.58. The van der Waals surface area contributed by atoms with Crippen LogP contribution in [0.3, 0.4) is 0 Å². The summed E-state index contributed by atoms with van der Waals surface area (Å²) in [4.78, 5) is 9.74. The lowest BCUT2D eigenvalue weighted by atomic mass is 10.2. The Morgan fingerprint density at radius 2 is 1.86 bits per heavy atom. The zero-order chi connectivity index (χ0) is 15.6. The van der Waals surface area contributed by atoms with E-state index in [1.54, 1.807) is 6.07 Å². The molecule has 2 aromatic rings. The number of nitro benzene ring substituents is 1. The lowest BCUT2D eigenvalue weighted by Crippen LogP contribution is -2.13. The molecule has 0 atom stereocenters. The Labute approximate surface area is 125 Å². The van der Waals surface area contributed by atoms with E-state index in [2.05, 4.69) is 4.72 Å². The van der Waals surface area contributed by atoms with E-state index in [0.717, 1.165) is 12.1 Å². The molecule has 110 valence electrons. The Kier molecular flexibility index (Phi) is 4.01. The third kappa shape index (κ3) is 3.23. The van der Waals surface area contributed by atoms with E-state index in [4.69, 9.17) is 11.6 Å². The van der Waals surface area contributed by atoms with Crippen LogP contribution in [0, 0.1) is 10.1 Å². The molecule has 21 heavy (non-hydrogen) atoms.